The van der Waals surface area contributed by atoms with Gasteiger partial charge in [-0.1, -0.05) is 12.1 Å². The molecular formula is C12H6F3NO3S. The van der Waals surface area contributed by atoms with E-state index in [-0.39, 0.29) is 0 Å². The molecule has 0 aromatic rings. The van der Waals surface area contributed by atoms with Crippen molar-refractivity contribution < 1.29 is 25.8 Å². The number of hydrogen-bond acceptors (Lipinski definition) is 4. The summed E-state index contributed by atoms with van der Waals surface area (Å²) in [4.78, 5) is 0. The fraction of sp³-hybridized carbons (Fsp3) is 0.0833. The van der Waals surface area contributed by atoms with Gasteiger partial charge in [0.25, 0.3) is 0 Å². The SMILES string of the molecule is N#Cc1ccc2ccc(OS(=O)(=O)C(F)(F)F)ccc1-2. The first-order valence-electron chi connectivity index (χ1n) is 5.18. The van der Waals surface area contributed by atoms with Gasteiger partial charge in [0.1, 0.15) is 5.75 Å². The molecular weight excluding hydrogens is 295 g/mol. The summed E-state index contributed by atoms with van der Waals surface area (Å²) in [6, 6.07) is 9.92. The topological polar surface area (TPSA) is 67.2 Å². The quantitative estimate of drug-likeness (QED) is 0.632. The molecule has 0 aromatic carbocycles. The number of rotatable bonds is 2. The van der Waals surface area contributed by atoms with Gasteiger partial charge in [-0.3, -0.25) is 0 Å². The van der Waals surface area contributed by atoms with E-state index in [1.54, 1.807) is 12.1 Å². The average Bonchev–Trinajstić information content (AvgIpc) is 2.63. The highest BCUT2D eigenvalue weighted by atomic mass is 32.2. The Bertz CT molecular complexity index is 762. The third-order valence-electron chi connectivity index (χ3n) is 2.48. The van der Waals surface area contributed by atoms with Crippen molar-refractivity contribution in [3.63, 3.8) is 0 Å². The van der Waals surface area contributed by atoms with Crippen molar-refractivity contribution in [2.24, 2.45) is 0 Å². The van der Waals surface area contributed by atoms with Crippen LogP contribution in [0.4, 0.5) is 13.2 Å². The maximum Gasteiger partial charge on any atom is 0.534 e. The van der Waals surface area contributed by atoms with Crippen molar-refractivity contribution in [1.82, 2.24) is 0 Å². The van der Waals surface area contributed by atoms with E-state index in [4.69, 9.17) is 5.26 Å². The van der Waals surface area contributed by atoms with Crippen LogP contribution in [0.5, 0.6) is 5.75 Å². The fourth-order valence-corrected chi connectivity index (χ4v) is 2.02. The van der Waals surface area contributed by atoms with Crippen LogP contribution in [0.15, 0.2) is 36.4 Å². The normalized spacial score (nSPS) is 12.1. The summed E-state index contributed by atoms with van der Waals surface area (Å²) in [5, 5.41) is 8.84. The minimum Gasteiger partial charge on any atom is -0.376 e. The second kappa shape index (κ2) is 4.68. The molecule has 0 bridgehead atoms. The molecule has 0 N–H and O–H groups in total. The molecule has 0 radical (unpaired) electrons. The molecule has 0 unspecified atom stereocenters. The third-order valence-corrected chi connectivity index (χ3v) is 3.46. The highest BCUT2D eigenvalue weighted by molar-refractivity contribution is 7.87. The molecule has 0 heterocycles. The highest BCUT2D eigenvalue weighted by Crippen LogP contribution is 2.30. The molecule has 20 heavy (non-hydrogen) atoms. The summed E-state index contributed by atoms with van der Waals surface area (Å²) in [7, 11) is -5.70. The Morgan fingerprint density at radius 2 is 1.65 bits per heavy atom. The Hall–Kier alpha value is -2.27. The molecule has 0 atom stereocenters. The van der Waals surface area contributed by atoms with Gasteiger partial charge in [0, 0.05) is 0 Å². The summed E-state index contributed by atoms with van der Waals surface area (Å²) in [5.41, 5.74) is -4.08. The predicted molar refractivity (Wildman–Crippen MR) is 63.4 cm³/mol. The zero-order valence-corrected chi connectivity index (χ0v) is 10.5. The van der Waals surface area contributed by atoms with Gasteiger partial charge in [-0.15, -0.1) is 0 Å². The van der Waals surface area contributed by atoms with Gasteiger partial charge in [0.15, 0.2) is 0 Å². The second-order valence-corrected chi connectivity index (χ2v) is 5.32. The summed E-state index contributed by atoms with van der Waals surface area (Å²) in [6.07, 6.45) is 0. The predicted octanol–water partition coefficient (Wildman–Crippen LogP) is 2.89. The average molecular weight is 301 g/mol. The van der Waals surface area contributed by atoms with Gasteiger partial charge < -0.3 is 4.18 Å². The number of nitriles is 1. The van der Waals surface area contributed by atoms with Crippen LogP contribution in [0.1, 0.15) is 5.56 Å². The van der Waals surface area contributed by atoms with Crippen LogP contribution in [-0.4, -0.2) is 13.9 Å². The van der Waals surface area contributed by atoms with Crippen LogP contribution in [0.2, 0.25) is 0 Å². The first kappa shape index (κ1) is 14.1. The number of halogens is 3. The maximum absolute atomic E-state index is 12.2. The van der Waals surface area contributed by atoms with Crippen LogP contribution in [0, 0.1) is 11.3 Å². The molecule has 8 heteroatoms. The lowest BCUT2D eigenvalue weighted by molar-refractivity contribution is -0.0500. The summed E-state index contributed by atoms with van der Waals surface area (Å²) < 4.78 is 62.3. The van der Waals surface area contributed by atoms with Crippen molar-refractivity contribution in [2.45, 2.75) is 5.51 Å². The van der Waals surface area contributed by atoms with Gasteiger partial charge in [0.05, 0.1) is 11.6 Å². The first-order chi connectivity index (χ1) is 9.24. The number of nitrogens with zero attached hydrogens (tertiary/aromatic N) is 1. The standard InChI is InChI=1S/C12H6F3NO3S/c13-12(14,15)20(17,18)19-10-4-3-8-1-2-9(7-16)11(8)6-5-10/h1-6H. The molecule has 0 amide bonds. The van der Waals surface area contributed by atoms with Crippen molar-refractivity contribution in [1.29, 1.82) is 5.26 Å². The number of hydrogen-bond donors (Lipinski definition) is 0. The summed E-state index contributed by atoms with van der Waals surface area (Å²) in [6.45, 7) is 0. The molecule has 0 aromatic heterocycles. The molecule has 104 valence electrons. The molecule has 0 saturated carbocycles. The molecule has 2 aliphatic carbocycles. The van der Waals surface area contributed by atoms with Crippen molar-refractivity contribution in [3.8, 4) is 22.9 Å². The Labute approximate surface area is 112 Å². The van der Waals surface area contributed by atoms with Gasteiger partial charge in [-0.2, -0.15) is 26.9 Å². The van der Waals surface area contributed by atoms with E-state index in [9.17, 15) is 21.6 Å². The maximum atomic E-state index is 12.2. The van der Waals surface area contributed by atoms with Crippen LogP contribution >= 0.6 is 0 Å². The molecule has 0 spiro atoms. The summed E-state index contributed by atoms with van der Waals surface area (Å²) >= 11 is 0. The first-order valence-corrected chi connectivity index (χ1v) is 6.59. The Balaban J connectivity index is 2.44. The van der Waals surface area contributed by atoms with Gasteiger partial charge in [-0.25, -0.2) is 0 Å². The Kier molecular flexibility index (Phi) is 3.31. The van der Waals surface area contributed by atoms with Crippen molar-refractivity contribution in [3.05, 3.63) is 42.0 Å². The van der Waals surface area contributed by atoms with Gasteiger partial charge in [0.2, 0.25) is 0 Å². The van der Waals surface area contributed by atoms with Crippen LogP contribution in [0.3, 0.4) is 0 Å². The van der Waals surface area contributed by atoms with Crippen LogP contribution in [0.25, 0.3) is 11.1 Å². The Morgan fingerprint density at radius 3 is 2.25 bits per heavy atom. The zero-order valence-electron chi connectivity index (χ0n) is 9.68. The monoisotopic (exact) mass is 301 g/mol. The van der Waals surface area contributed by atoms with E-state index < -0.39 is 21.4 Å². The van der Waals surface area contributed by atoms with Gasteiger partial charge in [-0.05, 0) is 35.4 Å². The lowest BCUT2D eigenvalue weighted by Crippen LogP contribution is -2.27. The van der Waals surface area contributed by atoms with E-state index in [1.165, 1.54) is 12.1 Å². The summed E-state index contributed by atoms with van der Waals surface area (Å²) in [5.74, 6) is -0.484. The van der Waals surface area contributed by atoms with Gasteiger partial charge >= 0.3 is 15.6 Å². The number of alkyl halides is 3. The van der Waals surface area contributed by atoms with E-state index in [0.717, 1.165) is 12.1 Å². The minimum atomic E-state index is -5.70. The zero-order chi connectivity index (χ0) is 15.0. The third kappa shape index (κ3) is 2.53. The Morgan fingerprint density at radius 1 is 1.05 bits per heavy atom. The van der Waals surface area contributed by atoms with E-state index in [2.05, 4.69) is 4.18 Å². The van der Waals surface area contributed by atoms with Crippen molar-refractivity contribution >= 4 is 10.1 Å². The molecule has 4 nitrogen and oxygen atoms in total. The van der Waals surface area contributed by atoms with E-state index in [1.807, 2.05) is 6.07 Å². The molecule has 0 aliphatic heterocycles. The fourth-order valence-electron chi connectivity index (χ4n) is 1.56. The van der Waals surface area contributed by atoms with E-state index >= 15 is 0 Å². The van der Waals surface area contributed by atoms with Crippen LogP contribution < -0.4 is 4.18 Å². The lowest BCUT2D eigenvalue weighted by atomic mass is 10.1. The van der Waals surface area contributed by atoms with E-state index in [0.29, 0.717) is 16.7 Å². The second-order valence-electron chi connectivity index (χ2n) is 3.78. The molecule has 2 rings (SSSR count). The lowest BCUT2D eigenvalue weighted by Gasteiger charge is -2.07. The number of fused-ring (bicyclic) bond motifs is 1. The molecule has 2 aliphatic rings. The highest BCUT2D eigenvalue weighted by Gasteiger charge is 2.48. The smallest absolute Gasteiger partial charge is 0.376 e. The largest absolute Gasteiger partial charge is 0.534 e. The van der Waals surface area contributed by atoms with Crippen molar-refractivity contribution in [2.75, 3.05) is 0 Å². The molecule has 0 fully saturated rings. The molecule has 0 saturated heterocycles. The minimum absolute atomic E-state index is 0.334. The van der Waals surface area contributed by atoms with Crippen LogP contribution in [-0.2, 0) is 10.1 Å².